The molecule has 2 fully saturated rings. The van der Waals surface area contributed by atoms with Crippen LogP contribution in [0.1, 0.15) is 13.3 Å². The van der Waals surface area contributed by atoms with Gasteiger partial charge in [-0.3, -0.25) is 0 Å². The van der Waals surface area contributed by atoms with Crippen LogP contribution >= 0.6 is 12.4 Å². The Labute approximate surface area is 109 Å². The van der Waals surface area contributed by atoms with Crippen molar-refractivity contribution in [2.75, 3.05) is 38.6 Å². The summed E-state index contributed by atoms with van der Waals surface area (Å²) in [5, 5.41) is 3.20. The smallest absolute Gasteiger partial charge is 0.214 e. The van der Waals surface area contributed by atoms with Crippen LogP contribution in [0.4, 0.5) is 0 Å². The summed E-state index contributed by atoms with van der Waals surface area (Å²) in [7, 11) is -3.10. The maximum atomic E-state index is 12.2. The second-order valence-electron chi connectivity index (χ2n) is 4.67. The number of halogens is 1. The molecular formula is C10H21ClN2O3S. The van der Waals surface area contributed by atoms with Crippen molar-refractivity contribution in [3.8, 4) is 0 Å². The van der Waals surface area contributed by atoms with E-state index in [4.69, 9.17) is 4.74 Å². The summed E-state index contributed by atoms with van der Waals surface area (Å²) < 4.78 is 31.3. The third-order valence-corrected chi connectivity index (χ3v) is 5.42. The van der Waals surface area contributed by atoms with Gasteiger partial charge >= 0.3 is 0 Å². The molecular weight excluding hydrogens is 264 g/mol. The molecule has 7 heteroatoms. The number of piperazine rings is 1. The highest BCUT2D eigenvalue weighted by Crippen LogP contribution is 2.18. The number of nitrogens with zero attached hydrogens (tertiary/aromatic N) is 1. The molecule has 5 nitrogen and oxygen atoms in total. The van der Waals surface area contributed by atoms with Crippen LogP contribution in [0.3, 0.4) is 0 Å². The lowest BCUT2D eigenvalue weighted by Crippen LogP contribution is -2.53. The van der Waals surface area contributed by atoms with Gasteiger partial charge in [0.2, 0.25) is 10.0 Å². The molecule has 0 aliphatic carbocycles. The molecule has 0 aromatic heterocycles. The topological polar surface area (TPSA) is 58.6 Å². The van der Waals surface area contributed by atoms with Crippen molar-refractivity contribution in [2.45, 2.75) is 19.4 Å². The van der Waals surface area contributed by atoms with Crippen molar-refractivity contribution in [2.24, 2.45) is 5.92 Å². The van der Waals surface area contributed by atoms with Crippen LogP contribution < -0.4 is 5.32 Å². The quantitative estimate of drug-likeness (QED) is 0.797. The van der Waals surface area contributed by atoms with E-state index in [1.165, 1.54) is 0 Å². The van der Waals surface area contributed by atoms with Gasteiger partial charge in [-0.05, 0) is 19.3 Å². The van der Waals surface area contributed by atoms with Gasteiger partial charge in [-0.25, -0.2) is 8.42 Å². The largest absolute Gasteiger partial charge is 0.381 e. The second kappa shape index (κ2) is 6.33. The molecule has 0 aromatic carbocycles. The molecule has 2 atom stereocenters. The predicted octanol–water partition coefficient (Wildman–Crippen LogP) is 0.0682. The molecule has 2 saturated heterocycles. The Kier molecular flexibility index (Phi) is 5.66. The number of hydrogen-bond donors (Lipinski definition) is 1. The van der Waals surface area contributed by atoms with E-state index >= 15 is 0 Å². The van der Waals surface area contributed by atoms with Gasteiger partial charge < -0.3 is 10.1 Å². The van der Waals surface area contributed by atoms with Gasteiger partial charge in [-0.2, -0.15) is 4.31 Å². The number of hydrogen-bond acceptors (Lipinski definition) is 4. The molecule has 0 spiro atoms. The van der Waals surface area contributed by atoms with E-state index in [1.54, 1.807) is 4.31 Å². The van der Waals surface area contributed by atoms with E-state index in [2.05, 4.69) is 5.32 Å². The van der Waals surface area contributed by atoms with E-state index in [9.17, 15) is 8.42 Å². The SMILES string of the molecule is C[C@@H]1CNCCN1S(=O)(=O)CC1CCOC1.Cl. The van der Waals surface area contributed by atoms with Crippen LogP contribution in [0.2, 0.25) is 0 Å². The maximum Gasteiger partial charge on any atom is 0.214 e. The maximum absolute atomic E-state index is 12.2. The Morgan fingerprint density at radius 3 is 2.82 bits per heavy atom. The van der Waals surface area contributed by atoms with Gasteiger partial charge in [0.1, 0.15) is 0 Å². The zero-order valence-electron chi connectivity index (χ0n) is 10.1. The Bertz CT molecular complexity index is 330. The van der Waals surface area contributed by atoms with Crippen molar-refractivity contribution in [1.82, 2.24) is 9.62 Å². The number of ether oxygens (including phenoxy) is 1. The van der Waals surface area contributed by atoms with E-state index < -0.39 is 10.0 Å². The molecule has 1 N–H and O–H groups in total. The molecule has 2 aliphatic heterocycles. The molecule has 17 heavy (non-hydrogen) atoms. The monoisotopic (exact) mass is 284 g/mol. The summed E-state index contributed by atoms with van der Waals surface area (Å²) in [5.41, 5.74) is 0. The summed E-state index contributed by atoms with van der Waals surface area (Å²) in [6.45, 7) is 5.36. The molecule has 2 aliphatic rings. The van der Waals surface area contributed by atoms with Crippen molar-refractivity contribution >= 4 is 22.4 Å². The number of nitrogens with one attached hydrogen (secondary N) is 1. The van der Waals surface area contributed by atoms with Crippen LogP contribution in [0.15, 0.2) is 0 Å². The molecule has 2 heterocycles. The van der Waals surface area contributed by atoms with Crippen LogP contribution in [0.5, 0.6) is 0 Å². The van der Waals surface area contributed by atoms with Gasteiger partial charge in [0.25, 0.3) is 0 Å². The Morgan fingerprint density at radius 1 is 1.47 bits per heavy atom. The summed E-state index contributed by atoms with van der Waals surface area (Å²) in [4.78, 5) is 0. The Balaban J connectivity index is 0.00000144. The zero-order valence-corrected chi connectivity index (χ0v) is 11.7. The fraction of sp³-hybridized carbons (Fsp3) is 1.00. The molecule has 0 saturated carbocycles. The van der Waals surface area contributed by atoms with Crippen molar-refractivity contribution < 1.29 is 13.2 Å². The van der Waals surface area contributed by atoms with E-state index in [-0.39, 0.29) is 30.1 Å². The molecule has 2 rings (SSSR count). The standard InChI is InChI=1S/C10H20N2O3S.ClH/c1-9-6-11-3-4-12(9)16(13,14)8-10-2-5-15-7-10;/h9-11H,2-8H2,1H3;1H/t9-,10?;/m1./s1. The first-order chi connectivity index (χ1) is 7.59. The number of rotatable bonds is 3. The van der Waals surface area contributed by atoms with Gasteiger partial charge in [-0.15, -0.1) is 12.4 Å². The summed E-state index contributed by atoms with van der Waals surface area (Å²) in [6, 6.07) is 0.0704. The van der Waals surface area contributed by atoms with Crippen LogP contribution in [0, 0.1) is 5.92 Å². The van der Waals surface area contributed by atoms with Crippen LogP contribution in [-0.2, 0) is 14.8 Å². The van der Waals surface area contributed by atoms with Crippen molar-refractivity contribution in [3.63, 3.8) is 0 Å². The molecule has 0 radical (unpaired) electrons. The Hall–Kier alpha value is 0.120. The zero-order chi connectivity index (χ0) is 11.6. The highest BCUT2D eigenvalue weighted by Gasteiger charge is 2.32. The number of sulfonamides is 1. The molecule has 102 valence electrons. The first-order valence-corrected chi connectivity index (χ1v) is 7.48. The minimum Gasteiger partial charge on any atom is -0.381 e. The summed E-state index contributed by atoms with van der Waals surface area (Å²) in [5.74, 6) is 0.434. The molecule has 0 aromatic rings. The average Bonchev–Trinajstić information content (AvgIpc) is 2.70. The normalized spacial score (nSPS) is 31.1. The van der Waals surface area contributed by atoms with Gasteiger partial charge in [0.05, 0.1) is 12.4 Å². The fourth-order valence-corrected chi connectivity index (χ4v) is 4.39. The van der Waals surface area contributed by atoms with Crippen LogP contribution in [0.25, 0.3) is 0 Å². The Morgan fingerprint density at radius 2 is 2.24 bits per heavy atom. The first-order valence-electron chi connectivity index (χ1n) is 5.87. The highest BCUT2D eigenvalue weighted by atomic mass is 35.5. The average molecular weight is 285 g/mol. The second-order valence-corrected chi connectivity index (χ2v) is 6.64. The van der Waals surface area contributed by atoms with Crippen molar-refractivity contribution in [1.29, 1.82) is 0 Å². The third-order valence-electron chi connectivity index (χ3n) is 3.27. The molecule has 1 unspecified atom stereocenters. The van der Waals surface area contributed by atoms with E-state index in [0.29, 0.717) is 19.8 Å². The van der Waals surface area contributed by atoms with E-state index in [0.717, 1.165) is 19.5 Å². The minimum absolute atomic E-state index is 0. The highest BCUT2D eigenvalue weighted by molar-refractivity contribution is 7.89. The summed E-state index contributed by atoms with van der Waals surface area (Å²) in [6.07, 6.45) is 0.875. The lowest BCUT2D eigenvalue weighted by atomic mass is 10.2. The van der Waals surface area contributed by atoms with Gasteiger partial charge in [0.15, 0.2) is 0 Å². The fourth-order valence-electron chi connectivity index (χ4n) is 2.34. The lowest BCUT2D eigenvalue weighted by Gasteiger charge is -2.33. The first kappa shape index (κ1) is 15.2. The van der Waals surface area contributed by atoms with Gasteiger partial charge in [-0.1, -0.05) is 0 Å². The lowest BCUT2D eigenvalue weighted by molar-refractivity contribution is 0.188. The van der Waals surface area contributed by atoms with E-state index in [1.807, 2.05) is 6.92 Å². The minimum atomic E-state index is -3.10. The predicted molar refractivity (Wildman–Crippen MR) is 69.0 cm³/mol. The van der Waals surface area contributed by atoms with Gasteiger partial charge in [0, 0.05) is 32.3 Å². The third kappa shape index (κ3) is 3.79. The molecule has 0 amide bonds. The van der Waals surface area contributed by atoms with Crippen LogP contribution in [-0.4, -0.2) is 57.4 Å². The summed E-state index contributed by atoms with van der Waals surface area (Å²) >= 11 is 0. The molecule has 0 bridgehead atoms. The van der Waals surface area contributed by atoms with Crippen molar-refractivity contribution in [3.05, 3.63) is 0 Å².